The van der Waals surface area contributed by atoms with Crippen LogP contribution in [0.15, 0.2) is 63.5 Å². The number of nitrogens with zero attached hydrogens (tertiary/aromatic N) is 2. The van der Waals surface area contributed by atoms with E-state index in [2.05, 4.69) is 22.6 Å². The highest BCUT2D eigenvalue weighted by atomic mass is 127. The highest BCUT2D eigenvalue weighted by Gasteiger charge is 2.13. The molecule has 1 aromatic heterocycles. The SMILES string of the molecule is C/C(Cl)=C/CSc1nc2ccc(I)cc2c(=O)n1-c1ccc(C)cc1. The lowest BCUT2D eigenvalue weighted by molar-refractivity contribution is 0.820. The van der Waals surface area contributed by atoms with Crippen LogP contribution in [0.4, 0.5) is 0 Å². The lowest BCUT2D eigenvalue weighted by Crippen LogP contribution is -2.22. The molecule has 0 bridgehead atoms. The molecule has 128 valence electrons. The molecule has 0 saturated heterocycles. The number of hydrogen-bond acceptors (Lipinski definition) is 3. The molecule has 6 heteroatoms. The molecule has 3 rings (SSSR count). The fourth-order valence-corrected chi connectivity index (χ4v) is 4.01. The summed E-state index contributed by atoms with van der Waals surface area (Å²) in [5, 5.41) is 2.02. The minimum Gasteiger partial charge on any atom is -0.268 e. The van der Waals surface area contributed by atoms with E-state index in [9.17, 15) is 4.79 Å². The van der Waals surface area contributed by atoms with Gasteiger partial charge in [-0.2, -0.15) is 0 Å². The van der Waals surface area contributed by atoms with Gasteiger partial charge >= 0.3 is 0 Å². The van der Waals surface area contributed by atoms with Crippen molar-refractivity contribution >= 4 is 56.9 Å². The van der Waals surface area contributed by atoms with Crippen LogP contribution >= 0.6 is 46.0 Å². The molecule has 3 nitrogen and oxygen atoms in total. The number of halogens is 2. The third kappa shape index (κ3) is 4.27. The Morgan fingerprint density at radius 1 is 1.28 bits per heavy atom. The Bertz CT molecular complexity index is 1010. The highest BCUT2D eigenvalue weighted by molar-refractivity contribution is 14.1. The maximum absolute atomic E-state index is 13.1. The average Bonchev–Trinajstić information content (AvgIpc) is 2.57. The molecular weight excluding hydrogens is 467 g/mol. The van der Waals surface area contributed by atoms with Gasteiger partial charge in [-0.25, -0.2) is 4.98 Å². The first-order chi connectivity index (χ1) is 12.0. The monoisotopic (exact) mass is 482 g/mol. The fourth-order valence-electron chi connectivity index (χ4n) is 2.39. The second-order valence-electron chi connectivity index (χ2n) is 5.63. The summed E-state index contributed by atoms with van der Waals surface area (Å²) >= 11 is 9.63. The summed E-state index contributed by atoms with van der Waals surface area (Å²) in [5.41, 5.74) is 2.62. The molecule has 0 spiro atoms. The summed E-state index contributed by atoms with van der Waals surface area (Å²) in [6.45, 7) is 3.86. The predicted molar refractivity (Wildman–Crippen MR) is 115 cm³/mol. The van der Waals surface area contributed by atoms with Crippen molar-refractivity contribution in [1.29, 1.82) is 0 Å². The molecule has 0 N–H and O–H groups in total. The molecular formula is C19H16ClIN2OS. The first-order valence-electron chi connectivity index (χ1n) is 7.70. The summed E-state index contributed by atoms with van der Waals surface area (Å²) in [5.74, 6) is 0.656. The molecule has 0 aliphatic rings. The van der Waals surface area contributed by atoms with E-state index in [1.165, 1.54) is 11.8 Å². The van der Waals surface area contributed by atoms with Crippen LogP contribution in [0.25, 0.3) is 16.6 Å². The quantitative estimate of drug-likeness (QED) is 0.278. The molecule has 25 heavy (non-hydrogen) atoms. The van der Waals surface area contributed by atoms with Gasteiger partial charge in [-0.15, -0.1) is 0 Å². The Morgan fingerprint density at radius 2 is 2.00 bits per heavy atom. The van der Waals surface area contributed by atoms with E-state index in [-0.39, 0.29) is 5.56 Å². The Labute approximate surface area is 169 Å². The first-order valence-corrected chi connectivity index (χ1v) is 10.1. The Morgan fingerprint density at radius 3 is 2.68 bits per heavy atom. The van der Waals surface area contributed by atoms with Crippen molar-refractivity contribution in [3.63, 3.8) is 0 Å². The van der Waals surface area contributed by atoms with E-state index in [0.29, 0.717) is 21.8 Å². The second kappa shape index (κ2) is 7.93. The third-order valence-corrected chi connectivity index (χ3v) is 5.36. The van der Waals surface area contributed by atoms with Gasteiger partial charge in [0, 0.05) is 14.4 Å². The number of aryl methyl sites for hydroxylation is 1. The number of allylic oxidation sites excluding steroid dienone is 1. The molecule has 0 aliphatic carbocycles. The zero-order valence-electron chi connectivity index (χ0n) is 13.8. The van der Waals surface area contributed by atoms with E-state index in [0.717, 1.165) is 19.9 Å². The molecule has 0 radical (unpaired) electrons. The molecule has 1 heterocycles. The lowest BCUT2D eigenvalue weighted by Gasteiger charge is -2.13. The van der Waals surface area contributed by atoms with E-state index in [1.54, 1.807) is 4.57 Å². The van der Waals surface area contributed by atoms with Gasteiger partial charge in [0.1, 0.15) is 0 Å². The van der Waals surface area contributed by atoms with Gasteiger partial charge in [0.2, 0.25) is 0 Å². The summed E-state index contributed by atoms with van der Waals surface area (Å²) in [6, 6.07) is 13.6. The van der Waals surface area contributed by atoms with Crippen molar-refractivity contribution in [2.75, 3.05) is 5.75 Å². The Kier molecular flexibility index (Phi) is 5.86. The molecule has 0 saturated carbocycles. The van der Waals surface area contributed by atoms with E-state index in [1.807, 2.05) is 62.4 Å². The van der Waals surface area contributed by atoms with Crippen LogP contribution in [0, 0.1) is 10.5 Å². The maximum Gasteiger partial charge on any atom is 0.266 e. The van der Waals surface area contributed by atoms with Crippen molar-refractivity contribution in [3.05, 3.63) is 73.1 Å². The number of fused-ring (bicyclic) bond motifs is 1. The number of thioether (sulfide) groups is 1. The smallest absolute Gasteiger partial charge is 0.266 e. The van der Waals surface area contributed by atoms with Crippen LogP contribution in [-0.2, 0) is 0 Å². The summed E-state index contributed by atoms with van der Waals surface area (Å²) in [6.07, 6.45) is 1.91. The molecule has 0 unspecified atom stereocenters. The van der Waals surface area contributed by atoms with E-state index in [4.69, 9.17) is 16.6 Å². The third-order valence-electron chi connectivity index (χ3n) is 3.67. The minimum atomic E-state index is -0.0542. The zero-order valence-corrected chi connectivity index (χ0v) is 17.5. The van der Waals surface area contributed by atoms with Crippen molar-refractivity contribution in [2.45, 2.75) is 19.0 Å². The number of aromatic nitrogens is 2. The Hall–Kier alpha value is -1.31. The second-order valence-corrected chi connectivity index (χ2v) is 8.46. The topological polar surface area (TPSA) is 34.9 Å². The molecule has 0 atom stereocenters. The van der Waals surface area contributed by atoms with Crippen LogP contribution in [0.1, 0.15) is 12.5 Å². The van der Waals surface area contributed by atoms with Crippen molar-refractivity contribution < 1.29 is 0 Å². The summed E-state index contributed by atoms with van der Waals surface area (Å²) < 4.78 is 2.69. The summed E-state index contributed by atoms with van der Waals surface area (Å²) in [7, 11) is 0. The van der Waals surface area contributed by atoms with Crippen LogP contribution < -0.4 is 5.56 Å². The highest BCUT2D eigenvalue weighted by Crippen LogP contribution is 2.23. The van der Waals surface area contributed by atoms with Gasteiger partial charge in [0.25, 0.3) is 5.56 Å². The largest absolute Gasteiger partial charge is 0.268 e. The molecule has 3 aromatic rings. The number of rotatable bonds is 4. The van der Waals surface area contributed by atoms with Crippen molar-refractivity contribution in [3.8, 4) is 5.69 Å². The van der Waals surface area contributed by atoms with Gasteiger partial charge in [0.05, 0.1) is 16.6 Å². The van der Waals surface area contributed by atoms with Crippen molar-refractivity contribution in [2.24, 2.45) is 0 Å². The lowest BCUT2D eigenvalue weighted by atomic mass is 10.2. The number of benzene rings is 2. The van der Waals surface area contributed by atoms with Gasteiger partial charge in [-0.3, -0.25) is 9.36 Å². The zero-order chi connectivity index (χ0) is 18.0. The van der Waals surface area contributed by atoms with Crippen LogP contribution in [0.3, 0.4) is 0 Å². The molecule has 2 aromatic carbocycles. The van der Waals surface area contributed by atoms with Crippen LogP contribution in [0.2, 0.25) is 0 Å². The first kappa shape index (κ1) is 18.5. The Balaban J connectivity index is 2.22. The standard InChI is InChI=1S/C19H16ClIN2OS/c1-12-3-6-15(7-4-12)23-18(24)16-11-14(21)5-8-17(16)22-19(23)25-10-9-13(2)20/h3-9,11H,10H2,1-2H3/b13-9-. The van der Waals surface area contributed by atoms with Crippen molar-refractivity contribution in [1.82, 2.24) is 9.55 Å². The molecule has 0 amide bonds. The van der Waals surface area contributed by atoms with Crippen LogP contribution in [-0.4, -0.2) is 15.3 Å². The van der Waals surface area contributed by atoms with Gasteiger partial charge in [0.15, 0.2) is 5.16 Å². The number of hydrogen-bond donors (Lipinski definition) is 0. The van der Waals surface area contributed by atoms with Gasteiger partial charge < -0.3 is 0 Å². The predicted octanol–water partition coefficient (Wildman–Crippen LogP) is 5.53. The van der Waals surface area contributed by atoms with Gasteiger partial charge in [-0.1, -0.05) is 47.1 Å². The van der Waals surface area contributed by atoms with E-state index < -0.39 is 0 Å². The molecule has 0 aliphatic heterocycles. The fraction of sp³-hybridized carbons (Fsp3) is 0.158. The molecule has 0 fully saturated rings. The minimum absolute atomic E-state index is 0.0542. The van der Waals surface area contributed by atoms with E-state index >= 15 is 0 Å². The van der Waals surface area contributed by atoms with Gasteiger partial charge in [-0.05, 0) is 66.8 Å². The maximum atomic E-state index is 13.1. The normalized spacial score (nSPS) is 11.9. The van der Waals surface area contributed by atoms with Crippen LogP contribution in [0.5, 0.6) is 0 Å². The average molecular weight is 483 g/mol. The summed E-state index contributed by atoms with van der Waals surface area (Å²) in [4.78, 5) is 17.9.